The van der Waals surface area contributed by atoms with Gasteiger partial charge in [-0.1, -0.05) is 15.9 Å². The van der Waals surface area contributed by atoms with Crippen LogP contribution < -0.4 is 11.1 Å². The summed E-state index contributed by atoms with van der Waals surface area (Å²) in [5.74, 6) is -0.359. The van der Waals surface area contributed by atoms with Gasteiger partial charge in [-0.2, -0.15) is 0 Å². The fraction of sp³-hybridized carbons (Fsp3) is 0.467. The highest BCUT2D eigenvalue weighted by atomic mass is 79.9. The van der Waals surface area contributed by atoms with Gasteiger partial charge >= 0.3 is 0 Å². The van der Waals surface area contributed by atoms with Crippen molar-refractivity contribution in [2.45, 2.75) is 33.7 Å². The fourth-order valence-electron chi connectivity index (χ4n) is 1.96. The molecule has 0 saturated heterocycles. The number of carbonyl (C=O) groups excluding carboxylic acids is 2. The van der Waals surface area contributed by atoms with Crippen molar-refractivity contribution < 1.29 is 9.59 Å². The third-order valence-electron chi connectivity index (χ3n) is 3.10. The lowest BCUT2D eigenvalue weighted by molar-refractivity contribution is -0.122. The minimum atomic E-state index is -0.193. The molecule has 5 nitrogen and oxygen atoms in total. The first kappa shape index (κ1) is 17.5. The highest BCUT2D eigenvalue weighted by Crippen LogP contribution is 2.23. The molecule has 116 valence electrons. The van der Waals surface area contributed by atoms with E-state index in [0.717, 1.165) is 10.0 Å². The lowest BCUT2D eigenvalue weighted by Gasteiger charge is -2.22. The molecule has 3 N–H and O–H groups in total. The second-order valence-electron chi connectivity index (χ2n) is 5.21. The van der Waals surface area contributed by atoms with Gasteiger partial charge in [0.2, 0.25) is 5.91 Å². The maximum Gasteiger partial charge on any atom is 0.254 e. The molecule has 21 heavy (non-hydrogen) atoms. The first-order chi connectivity index (χ1) is 9.76. The fourth-order valence-corrected chi connectivity index (χ4v) is 2.44. The number of hydrogen-bond donors (Lipinski definition) is 2. The van der Waals surface area contributed by atoms with Gasteiger partial charge in [-0.25, -0.2) is 0 Å². The summed E-state index contributed by atoms with van der Waals surface area (Å²) in [4.78, 5) is 25.9. The second kappa shape index (κ2) is 7.45. The summed E-state index contributed by atoms with van der Waals surface area (Å²) >= 11 is 3.34. The van der Waals surface area contributed by atoms with Crippen LogP contribution in [-0.2, 0) is 4.79 Å². The predicted molar refractivity (Wildman–Crippen MR) is 88.1 cm³/mol. The van der Waals surface area contributed by atoms with Crippen molar-refractivity contribution in [3.63, 3.8) is 0 Å². The number of benzene rings is 1. The van der Waals surface area contributed by atoms with Gasteiger partial charge in [0.1, 0.15) is 0 Å². The first-order valence-electron chi connectivity index (χ1n) is 6.90. The lowest BCUT2D eigenvalue weighted by Crippen LogP contribution is -2.42. The number of hydrogen-bond acceptors (Lipinski definition) is 3. The summed E-state index contributed by atoms with van der Waals surface area (Å²) in [7, 11) is 0. The zero-order chi connectivity index (χ0) is 16.2. The number of likely N-dealkylation sites (N-methyl/N-ethyl adjacent to an activating group) is 1. The molecule has 0 aliphatic heterocycles. The maximum atomic E-state index is 12.6. The number of halogens is 1. The van der Waals surface area contributed by atoms with E-state index in [2.05, 4.69) is 21.2 Å². The molecule has 0 heterocycles. The third-order valence-corrected chi connectivity index (χ3v) is 3.55. The molecular formula is C15H22BrN3O2. The quantitative estimate of drug-likeness (QED) is 0.795. The van der Waals surface area contributed by atoms with Gasteiger partial charge in [0.05, 0.1) is 6.54 Å². The van der Waals surface area contributed by atoms with E-state index in [1.807, 2.05) is 20.8 Å². The average Bonchev–Trinajstić information content (AvgIpc) is 2.38. The largest absolute Gasteiger partial charge is 0.398 e. The van der Waals surface area contributed by atoms with E-state index in [1.165, 1.54) is 4.90 Å². The summed E-state index contributed by atoms with van der Waals surface area (Å²) in [6.45, 7) is 7.91. The van der Waals surface area contributed by atoms with Crippen molar-refractivity contribution in [1.29, 1.82) is 0 Å². The Morgan fingerprint density at radius 1 is 1.38 bits per heavy atom. The Kier molecular flexibility index (Phi) is 6.20. The molecule has 0 aliphatic rings. The normalized spacial score (nSPS) is 10.6. The van der Waals surface area contributed by atoms with Crippen molar-refractivity contribution in [1.82, 2.24) is 10.2 Å². The van der Waals surface area contributed by atoms with E-state index in [1.54, 1.807) is 19.1 Å². The molecule has 0 unspecified atom stereocenters. The molecule has 1 aromatic rings. The van der Waals surface area contributed by atoms with E-state index in [0.29, 0.717) is 17.8 Å². The standard InChI is InChI=1S/C15H22BrN3O2/c1-5-19(8-14(20)18-9(2)3)15(21)12-6-11(16)7-13(17)10(12)4/h6-7,9H,5,8,17H2,1-4H3,(H,18,20). The number of nitrogen functional groups attached to an aromatic ring is 1. The van der Waals surface area contributed by atoms with Crippen LogP contribution in [0.5, 0.6) is 0 Å². The summed E-state index contributed by atoms with van der Waals surface area (Å²) in [5, 5.41) is 2.78. The second-order valence-corrected chi connectivity index (χ2v) is 6.12. The van der Waals surface area contributed by atoms with E-state index >= 15 is 0 Å². The summed E-state index contributed by atoms with van der Waals surface area (Å²) in [5.41, 5.74) is 7.68. The summed E-state index contributed by atoms with van der Waals surface area (Å²) < 4.78 is 0.747. The number of carbonyl (C=O) groups is 2. The molecule has 0 radical (unpaired) electrons. The Hall–Kier alpha value is -1.56. The summed E-state index contributed by atoms with van der Waals surface area (Å²) in [6.07, 6.45) is 0. The zero-order valence-corrected chi connectivity index (χ0v) is 14.5. The highest BCUT2D eigenvalue weighted by molar-refractivity contribution is 9.10. The van der Waals surface area contributed by atoms with Gasteiger partial charge in [0, 0.05) is 28.3 Å². The zero-order valence-electron chi connectivity index (χ0n) is 12.9. The molecule has 0 spiro atoms. The van der Waals surface area contributed by atoms with Crippen molar-refractivity contribution in [2.75, 3.05) is 18.8 Å². The van der Waals surface area contributed by atoms with E-state index in [-0.39, 0.29) is 24.4 Å². The lowest BCUT2D eigenvalue weighted by atomic mass is 10.1. The number of amides is 2. The maximum absolute atomic E-state index is 12.6. The molecule has 1 aromatic carbocycles. The topological polar surface area (TPSA) is 75.4 Å². The SMILES string of the molecule is CCN(CC(=O)NC(C)C)C(=O)c1cc(Br)cc(N)c1C. The van der Waals surface area contributed by atoms with E-state index in [9.17, 15) is 9.59 Å². The monoisotopic (exact) mass is 355 g/mol. The van der Waals surface area contributed by atoms with Crippen LogP contribution in [-0.4, -0.2) is 35.8 Å². The first-order valence-corrected chi connectivity index (χ1v) is 7.69. The van der Waals surface area contributed by atoms with Gasteiger partial charge in [0.25, 0.3) is 5.91 Å². The average molecular weight is 356 g/mol. The number of nitrogens with one attached hydrogen (secondary N) is 1. The molecule has 0 aliphatic carbocycles. The predicted octanol–water partition coefficient (Wildman–Crippen LogP) is 2.33. The van der Waals surface area contributed by atoms with E-state index in [4.69, 9.17) is 5.73 Å². The van der Waals surface area contributed by atoms with Crippen LogP contribution in [0.25, 0.3) is 0 Å². The highest BCUT2D eigenvalue weighted by Gasteiger charge is 2.20. The van der Waals surface area contributed by atoms with Crippen LogP contribution in [0.15, 0.2) is 16.6 Å². The minimum absolute atomic E-state index is 0.0410. The van der Waals surface area contributed by atoms with Crippen LogP contribution in [0.1, 0.15) is 36.7 Å². The third kappa shape index (κ3) is 4.74. The Balaban J connectivity index is 2.96. The molecular weight excluding hydrogens is 334 g/mol. The minimum Gasteiger partial charge on any atom is -0.398 e. The van der Waals surface area contributed by atoms with Crippen LogP contribution in [0.2, 0.25) is 0 Å². The van der Waals surface area contributed by atoms with Crippen LogP contribution in [0.3, 0.4) is 0 Å². The molecule has 0 fully saturated rings. The van der Waals surface area contributed by atoms with Crippen molar-refractivity contribution >= 4 is 33.4 Å². The Morgan fingerprint density at radius 3 is 2.52 bits per heavy atom. The number of rotatable bonds is 5. The number of nitrogens with two attached hydrogens (primary N) is 1. The molecule has 0 bridgehead atoms. The Bertz CT molecular complexity index is 544. The van der Waals surface area contributed by atoms with Crippen LogP contribution in [0, 0.1) is 6.92 Å². The van der Waals surface area contributed by atoms with Crippen LogP contribution >= 0.6 is 15.9 Å². The van der Waals surface area contributed by atoms with E-state index < -0.39 is 0 Å². The van der Waals surface area contributed by atoms with Crippen molar-refractivity contribution in [3.05, 3.63) is 27.7 Å². The summed E-state index contributed by atoms with van der Waals surface area (Å²) in [6, 6.07) is 3.54. The van der Waals surface area contributed by atoms with Crippen molar-refractivity contribution in [3.8, 4) is 0 Å². The van der Waals surface area contributed by atoms with Gasteiger partial charge in [-0.15, -0.1) is 0 Å². The van der Waals surface area contributed by atoms with Gasteiger partial charge in [-0.05, 0) is 45.4 Å². The van der Waals surface area contributed by atoms with Gasteiger partial charge in [-0.3, -0.25) is 9.59 Å². The van der Waals surface area contributed by atoms with Crippen LogP contribution in [0.4, 0.5) is 5.69 Å². The molecule has 2 amide bonds. The smallest absolute Gasteiger partial charge is 0.254 e. The Labute approximate surface area is 134 Å². The Morgan fingerprint density at radius 2 is 2.00 bits per heavy atom. The molecule has 0 atom stereocenters. The molecule has 1 rings (SSSR count). The molecule has 0 saturated carbocycles. The molecule has 0 aromatic heterocycles. The number of nitrogens with zero attached hydrogens (tertiary/aromatic N) is 1. The van der Waals surface area contributed by atoms with Gasteiger partial charge in [0.15, 0.2) is 0 Å². The van der Waals surface area contributed by atoms with Crippen molar-refractivity contribution in [2.24, 2.45) is 0 Å². The molecule has 6 heteroatoms. The van der Waals surface area contributed by atoms with Gasteiger partial charge < -0.3 is 16.0 Å². The number of anilines is 1.